The van der Waals surface area contributed by atoms with Gasteiger partial charge in [0.2, 0.25) is 0 Å². The summed E-state index contributed by atoms with van der Waals surface area (Å²) in [5.74, 6) is 0.531. The Morgan fingerprint density at radius 1 is 1.25 bits per heavy atom. The van der Waals surface area contributed by atoms with Crippen molar-refractivity contribution >= 4 is 15.7 Å². The van der Waals surface area contributed by atoms with Gasteiger partial charge in [-0.1, -0.05) is 12.1 Å². The summed E-state index contributed by atoms with van der Waals surface area (Å²) < 4.78 is 30.5. The highest BCUT2D eigenvalue weighted by Gasteiger charge is 2.28. The van der Waals surface area contributed by atoms with Crippen LogP contribution in [0.25, 0.3) is 0 Å². The van der Waals surface area contributed by atoms with E-state index in [1.807, 2.05) is 6.07 Å². The van der Waals surface area contributed by atoms with Gasteiger partial charge in [-0.2, -0.15) is 0 Å². The van der Waals surface area contributed by atoms with E-state index in [1.165, 1.54) is 6.07 Å². The third kappa shape index (κ3) is 2.98. The second-order valence-corrected chi connectivity index (χ2v) is 8.78. The minimum Gasteiger partial charge on any atom is -0.469 e. The van der Waals surface area contributed by atoms with Crippen molar-refractivity contribution in [3.63, 3.8) is 0 Å². The number of furan rings is 1. The lowest BCUT2D eigenvalue weighted by Gasteiger charge is -2.23. The van der Waals surface area contributed by atoms with Crippen LogP contribution in [0.15, 0.2) is 45.9 Å². The van der Waals surface area contributed by atoms with E-state index in [4.69, 9.17) is 4.42 Å². The predicted octanol–water partition coefficient (Wildman–Crippen LogP) is 3.27. The van der Waals surface area contributed by atoms with Gasteiger partial charge in [0.05, 0.1) is 28.0 Å². The zero-order valence-electron chi connectivity index (χ0n) is 13.8. The highest BCUT2D eigenvalue weighted by molar-refractivity contribution is 7.92. The van der Waals surface area contributed by atoms with Crippen molar-refractivity contribution in [3.8, 4) is 0 Å². The summed E-state index contributed by atoms with van der Waals surface area (Å²) >= 11 is 0. The lowest BCUT2D eigenvalue weighted by Crippen LogP contribution is -2.32. The predicted molar refractivity (Wildman–Crippen MR) is 90.6 cm³/mol. The molecule has 0 saturated heterocycles. The topological polar surface area (TPSA) is 76.4 Å². The number of carbonyl (C=O) groups excluding carboxylic acids is 1. The number of nitrogens with one attached hydrogen (secondary N) is 1. The van der Waals surface area contributed by atoms with Gasteiger partial charge >= 0.3 is 0 Å². The fourth-order valence-corrected chi connectivity index (χ4v) is 4.27. The van der Waals surface area contributed by atoms with Crippen LogP contribution in [-0.4, -0.2) is 19.6 Å². The maximum absolute atomic E-state index is 12.7. The third-order valence-electron chi connectivity index (χ3n) is 4.42. The maximum Gasteiger partial charge on any atom is 0.253 e. The van der Waals surface area contributed by atoms with E-state index in [0.29, 0.717) is 0 Å². The number of amides is 1. The molecule has 0 aliphatic heterocycles. The SMILES string of the molecule is CC(C)S(=O)(=O)c1ccccc1C(=O)NC1CCCc2occc21. The summed E-state index contributed by atoms with van der Waals surface area (Å²) in [6.45, 7) is 3.23. The van der Waals surface area contributed by atoms with Gasteiger partial charge in [0, 0.05) is 12.0 Å². The molecule has 0 spiro atoms. The lowest BCUT2D eigenvalue weighted by atomic mass is 9.93. The number of aryl methyl sites for hydroxylation is 1. The average Bonchev–Trinajstić information content (AvgIpc) is 3.04. The Bertz CT molecular complexity index is 851. The molecule has 128 valence electrons. The number of hydrogen-bond donors (Lipinski definition) is 1. The molecule has 6 heteroatoms. The quantitative estimate of drug-likeness (QED) is 0.921. The van der Waals surface area contributed by atoms with Gasteiger partial charge in [0.15, 0.2) is 9.84 Å². The Hall–Kier alpha value is -2.08. The van der Waals surface area contributed by atoms with Crippen molar-refractivity contribution in [3.05, 3.63) is 53.5 Å². The summed E-state index contributed by atoms with van der Waals surface area (Å²) in [4.78, 5) is 12.8. The van der Waals surface area contributed by atoms with Gasteiger partial charge in [0.25, 0.3) is 5.91 Å². The second-order valence-electron chi connectivity index (χ2n) is 6.31. The zero-order chi connectivity index (χ0) is 17.3. The Morgan fingerprint density at radius 3 is 2.75 bits per heavy atom. The molecular formula is C18H21NO4S. The van der Waals surface area contributed by atoms with Crippen LogP contribution in [0.4, 0.5) is 0 Å². The number of carbonyl (C=O) groups is 1. The van der Waals surface area contributed by atoms with Crippen molar-refractivity contribution in [1.29, 1.82) is 0 Å². The van der Waals surface area contributed by atoms with Gasteiger partial charge in [0.1, 0.15) is 5.76 Å². The molecule has 0 saturated carbocycles. The standard InChI is InChI=1S/C18H21NO4S/c1-12(2)24(21,22)17-9-4-3-6-14(17)18(20)19-15-7-5-8-16-13(15)10-11-23-16/h3-4,6,9-12,15H,5,7-8H2,1-2H3,(H,19,20). The van der Waals surface area contributed by atoms with Crippen LogP contribution in [0.2, 0.25) is 0 Å². The molecule has 0 fully saturated rings. The number of rotatable bonds is 4. The maximum atomic E-state index is 12.7. The van der Waals surface area contributed by atoms with Gasteiger partial charge in [-0.25, -0.2) is 8.42 Å². The first-order chi connectivity index (χ1) is 11.4. The molecule has 1 N–H and O–H groups in total. The minimum atomic E-state index is -3.52. The van der Waals surface area contributed by atoms with E-state index in [1.54, 1.807) is 38.3 Å². The van der Waals surface area contributed by atoms with E-state index in [2.05, 4.69) is 5.32 Å². The van der Waals surface area contributed by atoms with Crippen LogP contribution in [0.1, 0.15) is 54.4 Å². The summed E-state index contributed by atoms with van der Waals surface area (Å²) in [5.41, 5.74) is 1.18. The van der Waals surface area contributed by atoms with E-state index in [9.17, 15) is 13.2 Å². The Morgan fingerprint density at radius 2 is 2.00 bits per heavy atom. The van der Waals surface area contributed by atoms with Crippen molar-refractivity contribution in [2.75, 3.05) is 0 Å². The van der Waals surface area contributed by atoms with Gasteiger partial charge < -0.3 is 9.73 Å². The number of fused-ring (bicyclic) bond motifs is 1. The van der Waals surface area contributed by atoms with Crippen molar-refractivity contribution in [2.24, 2.45) is 0 Å². The molecule has 1 heterocycles. The van der Waals surface area contributed by atoms with Gasteiger partial charge in [-0.15, -0.1) is 0 Å². The molecule has 1 aromatic heterocycles. The van der Waals surface area contributed by atoms with Crippen molar-refractivity contribution in [1.82, 2.24) is 5.32 Å². The zero-order valence-corrected chi connectivity index (χ0v) is 14.6. The summed E-state index contributed by atoms with van der Waals surface area (Å²) in [5, 5.41) is 2.38. The smallest absolute Gasteiger partial charge is 0.253 e. The average molecular weight is 347 g/mol. The van der Waals surface area contributed by atoms with E-state index in [-0.39, 0.29) is 22.4 Å². The molecule has 1 atom stereocenters. The molecule has 0 bridgehead atoms. The van der Waals surface area contributed by atoms with E-state index >= 15 is 0 Å². The molecule has 24 heavy (non-hydrogen) atoms. The minimum absolute atomic E-state index is 0.0840. The fraction of sp³-hybridized carbons (Fsp3) is 0.389. The molecule has 1 unspecified atom stereocenters. The Labute approximate surface area is 142 Å². The summed E-state index contributed by atoms with van der Waals surface area (Å²) in [6.07, 6.45) is 4.24. The molecule has 3 rings (SSSR count). The van der Waals surface area contributed by atoms with Gasteiger partial charge in [-0.05, 0) is 44.9 Å². The van der Waals surface area contributed by atoms with Crippen LogP contribution in [0.5, 0.6) is 0 Å². The highest BCUT2D eigenvalue weighted by Crippen LogP contribution is 2.31. The largest absolute Gasteiger partial charge is 0.469 e. The van der Waals surface area contributed by atoms with Crippen LogP contribution < -0.4 is 5.32 Å². The first kappa shape index (κ1) is 16.8. The third-order valence-corrected chi connectivity index (χ3v) is 6.63. The Kier molecular flexibility index (Phi) is 4.49. The van der Waals surface area contributed by atoms with Crippen molar-refractivity contribution in [2.45, 2.75) is 49.3 Å². The van der Waals surface area contributed by atoms with Gasteiger partial charge in [-0.3, -0.25) is 4.79 Å². The molecule has 1 aromatic carbocycles. The molecule has 1 amide bonds. The molecule has 2 aromatic rings. The van der Waals surface area contributed by atoms with Crippen molar-refractivity contribution < 1.29 is 17.6 Å². The normalized spacial score (nSPS) is 17.5. The first-order valence-electron chi connectivity index (χ1n) is 8.11. The number of benzene rings is 1. The molecular weight excluding hydrogens is 326 g/mol. The highest BCUT2D eigenvalue weighted by atomic mass is 32.2. The molecule has 0 radical (unpaired) electrons. The Balaban J connectivity index is 1.91. The number of hydrogen-bond acceptors (Lipinski definition) is 4. The summed E-state index contributed by atoms with van der Waals surface area (Å²) in [6, 6.07) is 8.10. The lowest BCUT2D eigenvalue weighted by molar-refractivity contribution is 0.0929. The molecule has 5 nitrogen and oxygen atoms in total. The van der Waals surface area contributed by atoms with Crippen LogP contribution in [0.3, 0.4) is 0 Å². The first-order valence-corrected chi connectivity index (χ1v) is 9.66. The van der Waals surface area contributed by atoms with E-state index in [0.717, 1.165) is 30.6 Å². The number of sulfone groups is 1. The molecule has 1 aliphatic rings. The fourth-order valence-electron chi connectivity index (χ4n) is 3.03. The van der Waals surface area contributed by atoms with Crippen LogP contribution in [0, 0.1) is 0 Å². The summed E-state index contributed by atoms with van der Waals surface area (Å²) in [7, 11) is -3.52. The van der Waals surface area contributed by atoms with Crippen LogP contribution >= 0.6 is 0 Å². The second kappa shape index (κ2) is 6.43. The van der Waals surface area contributed by atoms with E-state index < -0.39 is 15.1 Å². The molecule has 1 aliphatic carbocycles. The van der Waals surface area contributed by atoms with Crippen LogP contribution in [-0.2, 0) is 16.3 Å². The monoisotopic (exact) mass is 347 g/mol.